The summed E-state index contributed by atoms with van der Waals surface area (Å²) < 4.78 is 6.54. The highest BCUT2D eigenvalue weighted by atomic mass is 35.5. The standard InChI is InChI=1S/C33H24Cl2N10O3/c34-21-5-7-27-25(11-21)19(9-31(46)36-27)13-42-15-23(38-40-42)17-44-29-3-1-2-4-30(29)45(33(44)48)18-24-16-43(41-39-24)14-20-10-32(47)37-28-8-6-22(35)12-26(20)28/h1-12,15-16H,13-14,17-18H2,(H,36,46)(H,37,47). The summed E-state index contributed by atoms with van der Waals surface area (Å²) in [6.45, 7) is 0.943. The third-order valence-electron chi connectivity index (χ3n) is 8.18. The van der Waals surface area contributed by atoms with Crippen molar-refractivity contribution in [1.82, 2.24) is 49.1 Å². The van der Waals surface area contributed by atoms with Crippen LogP contribution in [0, 0.1) is 0 Å². The van der Waals surface area contributed by atoms with Crippen LogP contribution in [0.15, 0.2) is 99.6 Å². The van der Waals surface area contributed by atoms with Crippen molar-refractivity contribution in [3.8, 4) is 0 Å². The van der Waals surface area contributed by atoms with Crippen molar-refractivity contribution in [2.75, 3.05) is 0 Å². The molecule has 0 bridgehead atoms. The zero-order valence-electron chi connectivity index (χ0n) is 25.0. The molecule has 0 fully saturated rings. The van der Waals surface area contributed by atoms with Gasteiger partial charge >= 0.3 is 5.69 Å². The number of halogens is 2. The Kier molecular flexibility index (Phi) is 7.26. The van der Waals surface area contributed by atoms with E-state index in [0.717, 1.165) is 32.9 Å². The smallest absolute Gasteiger partial charge is 0.322 e. The Bertz CT molecular complexity index is 2520. The van der Waals surface area contributed by atoms with E-state index in [9.17, 15) is 14.4 Å². The zero-order chi connectivity index (χ0) is 32.9. The van der Waals surface area contributed by atoms with Gasteiger partial charge in [0.05, 0.1) is 49.6 Å². The number of imidazole rings is 1. The molecule has 48 heavy (non-hydrogen) atoms. The van der Waals surface area contributed by atoms with E-state index in [4.69, 9.17) is 23.2 Å². The number of hydrogen-bond donors (Lipinski definition) is 2. The molecule has 0 aliphatic carbocycles. The van der Waals surface area contributed by atoms with Gasteiger partial charge in [0.15, 0.2) is 0 Å². The molecular formula is C33H24Cl2N10O3. The first-order chi connectivity index (χ1) is 23.3. The summed E-state index contributed by atoms with van der Waals surface area (Å²) in [4.78, 5) is 44.0. The van der Waals surface area contributed by atoms with Gasteiger partial charge in [0.25, 0.3) is 0 Å². The normalized spacial score (nSPS) is 11.7. The van der Waals surface area contributed by atoms with Gasteiger partial charge in [0, 0.05) is 44.0 Å². The highest BCUT2D eigenvalue weighted by molar-refractivity contribution is 6.31. The van der Waals surface area contributed by atoms with Gasteiger partial charge < -0.3 is 9.97 Å². The van der Waals surface area contributed by atoms with Crippen LogP contribution in [0.25, 0.3) is 32.8 Å². The molecule has 0 spiro atoms. The molecule has 238 valence electrons. The fourth-order valence-corrected chi connectivity index (χ4v) is 6.43. The van der Waals surface area contributed by atoms with Crippen molar-refractivity contribution < 1.29 is 0 Å². The van der Waals surface area contributed by atoms with Crippen molar-refractivity contribution in [2.24, 2.45) is 0 Å². The molecule has 2 N–H and O–H groups in total. The van der Waals surface area contributed by atoms with E-state index in [1.54, 1.807) is 67.3 Å². The number of rotatable bonds is 8. The van der Waals surface area contributed by atoms with Gasteiger partial charge in [0.2, 0.25) is 11.1 Å². The molecule has 0 amide bonds. The first-order valence-electron chi connectivity index (χ1n) is 14.9. The molecule has 8 rings (SSSR count). The quantitative estimate of drug-likeness (QED) is 0.245. The molecule has 0 unspecified atom stereocenters. The number of H-pyrrole nitrogens is 2. The van der Waals surface area contributed by atoms with Crippen molar-refractivity contribution in [2.45, 2.75) is 26.2 Å². The fraction of sp³-hybridized carbons (Fsp3) is 0.121. The van der Waals surface area contributed by atoms with Gasteiger partial charge in [-0.2, -0.15) is 0 Å². The first-order valence-corrected chi connectivity index (χ1v) is 15.6. The van der Waals surface area contributed by atoms with E-state index in [-0.39, 0.29) is 29.9 Å². The molecular weight excluding hydrogens is 655 g/mol. The SMILES string of the molecule is O=c1cc(Cn2cc(Cn3c(=O)n(Cc4cn(Cc5cc(=O)[nH]c6ccc(Cl)cc56)nn4)c4ccccc43)nn2)c2cc(Cl)ccc2[nH]1. The number of hydrogen-bond acceptors (Lipinski definition) is 7. The van der Waals surface area contributed by atoms with Crippen molar-refractivity contribution >= 4 is 56.0 Å². The maximum absolute atomic E-state index is 13.8. The number of aromatic nitrogens is 10. The van der Waals surface area contributed by atoms with E-state index >= 15 is 0 Å². The monoisotopic (exact) mass is 678 g/mol. The second kappa shape index (κ2) is 11.8. The zero-order valence-corrected chi connectivity index (χ0v) is 26.5. The minimum absolute atomic E-state index is 0.180. The molecule has 0 radical (unpaired) electrons. The van der Waals surface area contributed by atoms with E-state index < -0.39 is 0 Å². The van der Waals surface area contributed by atoms with Crippen LogP contribution in [0.1, 0.15) is 22.5 Å². The van der Waals surface area contributed by atoms with Crippen LogP contribution in [0.4, 0.5) is 0 Å². The lowest BCUT2D eigenvalue weighted by atomic mass is 10.1. The molecule has 0 aliphatic heterocycles. The lowest BCUT2D eigenvalue weighted by Crippen LogP contribution is -2.25. The van der Waals surface area contributed by atoms with Crippen LogP contribution in [-0.4, -0.2) is 49.1 Å². The predicted octanol–water partition coefficient (Wildman–Crippen LogP) is 4.17. The van der Waals surface area contributed by atoms with E-state index in [1.807, 2.05) is 24.3 Å². The van der Waals surface area contributed by atoms with Crippen molar-refractivity contribution in [3.05, 3.63) is 149 Å². The minimum atomic E-state index is -0.245. The van der Waals surface area contributed by atoms with Crippen molar-refractivity contribution in [3.63, 3.8) is 0 Å². The highest BCUT2D eigenvalue weighted by Crippen LogP contribution is 2.22. The van der Waals surface area contributed by atoms with E-state index in [0.29, 0.717) is 45.6 Å². The Hall–Kier alpha value is -5.79. The van der Waals surface area contributed by atoms with Gasteiger partial charge in [-0.3, -0.25) is 18.7 Å². The topological polar surface area (TPSA) is 154 Å². The highest BCUT2D eigenvalue weighted by Gasteiger charge is 2.17. The average molecular weight is 680 g/mol. The molecule has 8 aromatic rings. The Balaban J connectivity index is 1.06. The first kappa shape index (κ1) is 29.6. The fourth-order valence-electron chi connectivity index (χ4n) is 6.08. The van der Waals surface area contributed by atoms with Gasteiger partial charge in [-0.25, -0.2) is 14.2 Å². The summed E-state index contributed by atoms with van der Waals surface area (Å²) >= 11 is 12.4. The van der Waals surface area contributed by atoms with Gasteiger partial charge in [0.1, 0.15) is 11.4 Å². The van der Waals surface area contributed by atoms with E-state index in [2.05, 4.69) is 30.6 Å². The number of aromatic amines is 2. The van der Waals surface area contributed by atoms with Crippen LogP contribution in [-0.2, 0) is 26.2 Å². The maximum Gasteiger partial charge on any atom is 0.329 e. The molecule has 15 heteroatoms. The molecule has 0 saturated carbocycles. The van der Waals surface area contributed by atoms with E-state index in [1.165, 1.54) is 12.1 Å². The Morgan fingerprint density at radius 3 is 1.50 bits per heavy atom. The van der Waals surface area contributed by atoms with Gasteiger partial charge in [-0.15, -0.1) is 10.2 Å². The number of nitrogens with zero attached hydrogens (tertiary/aromatic N) is 8. The van der Waals surface area contributed by atoms with Crippen LogP contribution < -0.4 is 16.8 Å². The second-order valence-corrected chi connectivity index (χ2v) is 12.3. The van der Waals surface area contributed by atoms with Gasteiger partial charge in [-0.1, -0.05) is 45.8 Å². The Labute approximate surface area is 279 Å². The summed E-state index contributed by atoms with van der Waals surface area (Å²) in [5.74, 6) is 0. The average Bonchev–Trinajstić information content (AvgIpc) is 3.77. The molecule has 0 aliphatic rings. The summed E-state index contributed by atoms with van der Waals surface area (Å²) in [5.41, 5.74) is 4.74. The summed E-state index contributed by atoms with van der Waals surface area (Å²) in [6, 6.07) is 21.1. The Morgan fingerprint density at radius 1 is 0.583 bits per heavy atom. The number of para-hydroxylation sites is 2. The lowest BCUT2D eigenvalue weighted by Gasteiger charge is -2.06. The summed E-state index contributed by atoms with van der Waals surface area (Å²) in [6.07, 6.45) is 3.51. The van der Waals surface area contributed by atoms with Crippen LogP contribution in [0.5, 0.6) is 0 Å². The van der Waals surface area contributed by atoms with Crippen LogP contribution in [0.2, 0.25) is 10.0 Å². The number of pyridine rings is 2. The molecule has 5 aromatic heterocycles. The number of fused-ring (bicyclic) bond motifs is 3. The van der Waals surface area contributed by atoms with Gasteiger partial charge in [-0.05, 0) is 59.7 Å². The summed E-state index contributed by atoms with van der Waals surface area (Å²) in [7, 11) is 0. The third kappa shape index (κ3) is 5.58. The third-order valence-corrected chi connectivity index (χ3v) is 8.65. The largest absolute Gasteiger partial charge is 0.329 e. The van der Waals surface area contributed by atoms with Crippen LogP contribution in [0.3, 0.4) is 0 Å². The maximum atomic E-state index is 13.8. The summed E-state index contributed by atoms with van der Waals surface area (Å²) in [5, 5.41) is 19.9. The molecule has 13 nitrogen and oxygen atoms in total. The molecule has 5 heterocycles. The molecule has 3 aromatic carbocycles. The van der Waals surface area contributed by atoms with Crippen molar-refractivity contribution in [1.29, 1.82) is 0 Å². The van der Waals surface area contributed by atoms with Crippen LogP contribution >= 0.6 is 23.2 Å². The number of nitrogens with one attached hydrogen (secondary N) is 2. The predicted molar refractivity (Wildman–Crippen MR) is 182 cm³/mol. The minimum Gasteiger partial charge on any atom is -0.322 e. The second-order valence-electron chi connectivity index (χ2n) is 11.5. The Morgan fingerprint density at radius 2 is 1.04 bits per heavy atom. The molecule has 0 atom stereocenters. The lowest BCUT2D eigenvalue weighted by molar-refractivity contribution is 0.648. The molecule has 0 saturated heterocycles. The number of benzene rings is 3.